The van der Waals surface area contributed by atoms with Gasteiger partial charge in [-0.2, -0.15) is 0 Å². The lowest BCUT2D eigenvalue weighted by Gasteiger charge is -2.12. The summed E-state index contributed by atoms with van der Waals surface area (Å²) in [7, 11) is 0. The third kappa shape index (κ3) is 2.55. The van der Waals surface area contributed by atoms with Crippen molar-refractivity contribution in [3.63, 3.8) is 0 Å². The van der Waals surface area contributed by atoms with E-state index in [1.54, 1.807) is 0 Å². The lowest BCUT2D eigenvalue weighted by molar-refractivity contribution is -0.137. The van der Waals surface area contributed by atoms with Gasteiger partial charge in [0.05, 0.1) is 5.39 Å². The van der Waals surface area contributed by atoms with Crippen molar-refractivity contribution >= 4 is 27.5 Å². The van der Waals surface area contributed by atoms with Crippen LogP contribution in [0.1, 0.15) is 16.0 Å². The molecule has 3 rings (SSSR count). The average Bonchev–Trinajstić information content (AvgIpc) is 2.77. The molecule has 5 nitrogen and oxygen atoms in total. The van der Waals surface area contributed by atoms with E-state index in [2.05, 4.69) is 4.98 Å². The van der Waals surface area contributed by atoms with Gasteiger partial charge in [-0.3, -0.25) is 14.2 Å². The molecule has 0 bridgehead atoms. The second kappa shape index (κ2) is 5.62. The third-order valence-electron chi connectivity index (χ3n) is 3.97. The SMILES string of the molecule is Cc1ccccc1-c1nc2sc(C)c(C)c2c(=O)n1CC(=O)O. The van der Waals surface area contributed by atoms with E-state index in [-0.39, 0.29) is 5.56 Å². The summed E-state index contributed by atoms with van der Waals surface area (Å²) in [5.41, 5.74) is 2.30. The zero-order valence-electron chi connectivity index (χ0n) is 13.1. The summed E-state index contributed by atoms with van der Waals surface area (Å²) in [5, 5.41) is 9.71. The van der Waals surface area contributed by atoms with Crippen LogP contribution in [-0.4, -0.2) is 20.6 Å². The Bertz CT molecular complexity index is 985. The number of aryl methyl sites for hydroxylation is 3. The highest BCUT2D eigenvalue weighted by atomic mass is 32.1. The quantitative estimate of drug-likeness (QED) is 0.802. The van der Waals surface area contributed by atoms with Crippen molar-refractivity contribution in [2.45, 2.75) is 27.3 Å². The number of fused-ring (bicyclic) bond motifs is 1. The Kier molecular flexibility index (Phi) is 3.77. The van der Waals surface area contributed by atoms with Crippen LogP contribution in [0.5, 0.6) is 0 Å². The Hall–Kier alpha value is -2.47. The molecule has 1 N–H and O–H groups in total. The number of hydrogen-bond acceptors (Lipinski definition) is 4. The van der Waals surface area contributed by atoms with Gasteiger partial charge in [-0.15, -0.1) is 11.3 Å². The van der Waals surface area contributed by atoms with E-state index in [9.17, 15) is 14.7 Å². The van der Waals surface area contributed by atoms with Crippen LogP contribution in [0.15, 0.2) is 29.1 Å². The van der Waals surface area contributed by atoms with Gasteiger partial charge in [-0.25, -0.2) is 4.98 Å². The molecule has 0 fully saturated rings. The van der Waals surface area contributed by atoms with Gasteiger partial charge in [-0.05, 0) is 31.9 Å². The lowest BCUT2D eigenvalue weighted by Crippen LogP contribution is -2.27. The number of thiophene rings is 1. The van der Waals surface area contributed by atoms with Crippen molar-refractivity contribution in [1.29, 1.82) is 0 Å². The Morgan fingerprint density at radius 1 is 1.26 bits per heavy atom. The highest BCUT2D eigenvalue weighted by molar-refractivity contribution is 7.18. The first-order valence-electron chi connectivity index (χ1n) is 7.18. The van der Waals surface area contributed by atoms with Crippen molar-refractivity contribution in [1.82, 2.24) is 9.55 Å². The molecule has 0 unspecified atom stereocenters. The van der Waals surface area contributed by atoms with Crippen LogP contribution in [0.2, 0.25) is 0 Å². The second-order valence-corrected chi connectivity index (χ2v) is 6.70. The first kappa shape index (κ1) is 15.4. The minimum absolute atomic E-state index is 0.294. The minimum Gasteiger partial charge on any atom is -0.480 e. The van der Waals surface area contributed by atoms with Crippen LogP contribution in [0.4, 0.5) is 0 Å². The van der Waals surface area contributed by atoms with Gasteiger partial charge in [0, 0.05) is 10.4 Å². The number of rotatable bonds is 3. The number of carboxylic acid groups (broad SMARTS) is 1. The topological polar surface area (TPSA) is 72.2 Å². The van der Waals surface area contributed by atoms with Gasteiger partial charge in [0.15, 0.2) is 0 Å². The predicted octanol–water partition coefficient (Wildman–Crippen LogP) is 3.13. The zero-order chi connectivity index (χ0) is 16.7. The van der Waals surface area contributed by atoms with E-state index in [0.717, 1.165) is 21.6 Å². The van der Waals surface area contributed by atoms with E-state index in [1.165, 1.54) is 15.9 Å². The highest BCUT2D eigenvalue weighted by Gasteiger charge is 2.19. The van der Waals surface area contributed by atoms with Crippen molar-refractivity contribution in [2.24, 2.45) is 0 Å². The summed E-state index contributed by atoms with van der Waals surface area (Å²) in [6.07, 6.45) is 0. The van der Waals surface area contributed by atoms with Crippen LogP contribution >= 0.6 is 11.3 Å². The molecule has 2 heterocycles. The Labute approximate surface area is 136 Å². The maximum atomic E-state index is 12.9. The summed E-state index contributed by atoms with van der Waals surface area (Å²) >= 11 is 1.46. The molecule has 0 saturated heterocycles. The van der Waals surface area contributed by atoms with Crippen molar-refractivity contribution in [3.8, 4) is 11.4 Å². The normalized spacial score (nSPS) is 11.1. The monoisotopic (exact) mass is 328 g/mol. The Balaban J connectivity index is 2.43. The van der Waals surface area contributed by atoms with Crippen molar-refractivity contribution in [2.75, 3.05) is 0 Å². The maximum absolute atomic E-state index is 12.9. The smallest absolute Gasteiger partial charge is 0.323 e. The summed E-state index contributed by atoms with van der Waals surface area (Å²) in [4.78, 5) is 30.4. The number of aliphatic carboxylic acids is 1. The number of carbonyl (C=O) groups is 1. The molecule has 118 valence electrons. The van der Waals surface area contributed by atoms with Gasteiger partial charge >= 0.3 is 5.97 Å². The lowest BCUT2D eigenvalue weighted by atomic mass is 10.1. The van der Waals surface area contributed by atoms with Gasteiger partial charge in [0.2, 0.25) is 0 Å². The predicted molar refractivity (Wildman–Crippen MR) is 91.2 cm³/mol. The zero-order valence-corrected chi connectivity index (χ0v) is 13.9. The number of hydrogen-bond donors (Lipinski definition) is 1. The van der Waals surface area contributed by atoms with Crippen LogP contribution in [0, 0.1) is 20.8 Å². The molecule has 0 aliphatic heterocycles. The molecule has 6 heteroatoms. The van der Waals surface area contributed by atoms with Crippen molar-refractivity contribution in [3.05, 3.63) is 50.6 Å². The summed E-state index contributed by atoms with van der Waals surface area (Å²) in [6.45, 7) is 5.33. The fourth-order valence-electron chi connectivity index (χ4n) is 2.64. The first-order valence-corrected chi connectivity index (χ1v) is 8.00. The van der Waals surface area contributed by atoms with Crippen LogP contribution in [0.3, 0.4) is 0 Å². The highest BCUT2D eigenvalue weighted by Crippen LogP contribution is 2.29. The fourth-order valence-corrected chi connectivity index (χ4v) is 3.66. The van der Waals surface area contributed by atoms with Gasteiger partial charge < -0.3 is 5.11 Å². The molecule has 0 saturated carbocycles. The number of aromatic nitrogens is 2. The van der Waals surface area contributed by atoms with Crippen molar-refractivity contribution < 1.29 is 9.90 Å². The van der Waals surface area contributed by atoms with E-state index < -0.39 is 12.5 Å². The molecule has 3 aromatic rings. The number of carboxylic acids is 1. The Morgan fingerprint density at radius 2 is 1.96 bits per heavy atom. The molecule has 23 heavy (non-hydrogen) atoms. The van der Waals surface area contributed by atoms with Gasteiger partial charge in [-0.1, -0.05) is 24.3 Å². The molecule has 0 spiro atoms. The standard InChI is InChI=1S/C17H16N2O3S/c1-9-6-4-5-7-12(9)15-18-16-14(10(2)11(3)23-16)17(22)19(15)8-13(20)21/h4-7H,8H2,1-3H3,(H,20,21). The minimum atomic E-state index is -1.06. The van der Waals surface area contributed by atoms with Gasteiger partial charge in [0.1, 0.15) is 17.2 Å². The molecule has 1 aromatic carbocycles. The van der Waals surface area contributed by atoms with E-state index in [1.807, 2.05) is 45.0 Å². The first-order chi connectivity index (χ1) is 10.9. The molecule has 0 amide bonds. The molecular formula is C17H16N2O3S. The largest absolute Gasteiger partial charge is 0.480 e. The summed E-state index contributed by atoms with van der Waals surface area (Å²) in [5.74, 6) is -0.656. The molecule has 0 atom stereocenters. The summed E-state index contributed by atoms with van der Waals surface area (Å²) in [6, 6.07) is 7.53. The van der Waals surface area contributed by atoms with Gasteiger partial charge in [0.25, 0.3) is 5.56 Å². The number of nitrogens with zero attached hydrogens (tertiary/aromatic N) is 2. The second-order valence-electron chi connectivity index (χ2n) is 5.50. The van der Waals surface area contributed by atoms with E-state index in [0.29, 0.717) is 16.0 Å². The van der Waals surface area contributed by atoms with E-state index >= 15 is 0 Å². The number of benzene rings is 1. The third-order valence-corrected chi connectivity index (χ3v) is 5.07. The fraction of sp³-hybridized carbons (Fsp3) is 0.235. The summed E-state index contributed by atoms with van der Waals surface area (Å²) < 4.78 is 1.26. The molecule has 0 aliphatic rings. The van der Waals surface area contributed by atoms with Crippen LogP contribution in [0.25, 0.3) is 21.6 Å². The van der Waals surface area contributed by atoms with E-state index in [4.69, 9.17) is 0 Å². The molecule has 0 radical (unpaired) electrons. The van der Waals surface area contributed by atoms with Crippen LogP contribution < -0.4 is 5.56 Å². The van der Waals surface area contributed by atoms with Crippen LogP contribution in [-0.2, 0) is 11.3 Å². The molecular weight excluding hydrogens is 312 g/mol. The average molecular weight is 328 g/mol. The molecule has 0 aliphatic carbocycles. The Morgan fingerprint density at radius 3 is 2.61 bits per heavy atom. The maximum Gasteiger partial charge on any atom is 0.323 e. The molecule has 2 aromatic heterocycles.